The van der Waals surface area contributed by atoms with Gasteiger partial charge in [0.25, 0.3) is 5.91 Å². The van der Waals surface area contributed by atoms with Crippen molar-refractivity contribution in [3.8, 4) is 17.2 Å². The fourth-order valence-corrected chi connectivity index (χ4v) is 3.28. The first-order valence-electron chi connectivity index (χ1n) is 9.59. The third kappa shape index (κ3) is 4.21. The number of pyridine rings is 1. The van der Waals surface area contributed by atoms with Crippen LogP contribution in [-0.2, 0) is 11.8 Å². The number of aromatic amines is 1. The van der Waals surface area contributed by atoms with Gasteiger partial charge < -0.3 is 10.3 Å². The van der Waals surface area contributed by atoms with Crippen LogP contribution in [0.3, 0.4) is 0 Å². The van der Waals surface area contributed by atoms with E-state index in [1.807, 2.05) is 25.4 Å². The van der Waals surface area contributed by atoms with Crippen molar-refractivity contribution in [3.05, 3.63) is 77.6 Å². The zero-order chi connectivity index (χ0) is 22.0. The maximum Gasteiger partial charge on any atom is 0.262 e. The Morgan fingerprint density at radius 2 is 2.06 bits per heavy atom. The monoisotopic (exact) mass is 414 g/mol. The molecule has 3 heterocycles. The number of rotatable bonds is 5. The lowest BCUT2D eigenvalue weighted by Crippen LogP contribution is -2.27. The number of carbonyl (C=O) groups excluding carboxylic acids is 1. The normalized spacial score (nSPS) is 12.5. The molecule has 8 heteroatoms. The van der Waals surface area contributed by atoms with Crippen LogP contribution in [0.15, 0.2) is 60.7 Å². The molecule has 0 unspecified atom stereocenters. The average molecular weight is 414 g/mol. The highest BCUT2D eigenvalue weighted by Crippen LogP contribution is 2.26. The average Bonchev–Trinajstić information content (AvgIpc) is 3.38. The molecule has 0 bridgehead atoms. The van der Waals surface area contributed by atoms with Crippen molar-refractivity contribution in [2.24, 2.45) is 7.05 Å². The summed E-state index contributed by atoms with van der Waals surface area (Å²) < 4.78 is 14.8. The summed E-state index contributed by atoms with van der Waals surface area (Å²) in [6.45, 7) is 1.77. The molecular formula is C23H19FN6O. The molecule has 4 rings (SSSR count). The van der Waals surface area contributed by atoms with Gasteiger partial charge in [-0.3, -0.25) is 9.48 Å². The Hall–Kier alpha value is -4.25. The molecule has 0 aliphatic rings. The van der Waals surface area contributed by atoms with Crippen LogP contribution in [0, 0.1) is 17.1 Å². The number of nitrogens with zero attached hydrogens (tertiary/aromatic N) is 4. The van der Waals surface area contributed by atoms with Crippen LogP contribution in [0.5, 0.6) is 0 Å². The molecule has 0 saturated carbocycles. The molecule has 31 heavy (non-hydrogen) atoms. The fourth-order valence-electron chi connectivity index (χ4n) is 3.28. The predicted molar refractivity (Wildman–Crippen MR) is 115 cm³/mol. The van der Waals surface area contributed by atoms with Gasteiger partial charge in [-0.15, -0.1) is 0 Å². The van der Waals surface area contributed by atoms with Crippen LogP contribution < -0.4 is 5.32 Å². The van der Waals surface area contributed by atoms with Gasteiger partial charge in [0.1, 0.15) is 23.1 Å². The Labute approximate surface area is 177 Å². The fraction of sp³-hybridized carbons (Fsp3) is 0.130. The van der Waals surface area contributed by atoms with Gasteiger partial charge in [0, 0.05) is 47.7 Å². The van der Waals surface area contributed by atoms with Crippen LogP contribution in [0.4, 0.5) is 4.39 Å². The topological polar surface area (TPSA) is 99.4 Å². The van der Waals surface area contributed by atoms with Crippen LogP contribution in [0.25, 0.3) is 28.2 Å². The maximum absolute atomic E-state index is 13.1. The minimum atomic E-state index is -0.509. The number of fused-ring (bicyclic) bond motifs is 1. The van der Waals surface area contributed by atoms with Crippen molar-refractivity contribution in [1.29, 1.82) is 5.26 Å². The predicted octanol–water partition coefficient (Wildman–Crippen LogP) is 3.89. The highest BCUT2D eigenvalue weighted by atomic mass is 19.1. The summed E-state index contributed by atoms with van der Waals surface area (Å²) in [6, 6.07) is 9.38. The van der Waals surface area contributed by atoms with E-state index in [-0.39, 0.29) is 17.4 Å². The van der Waals surface area contributed by atoms with Crippen LogP contribution >= 0.6 is 0 Å². The van der Waals surface area contributed by atoms with Crippen LogP contribution in [0.1, 0.15) is 24.1 Å². The summed E-state index contributed by atoms with van der Waals surface area (Å²) in [5.74, 6) is -0.858. The summed E-state index contributed by atoms with van der Waals surface area (Å²) in [5, 5.41) is 17.3. The lowest BCUT2D eigenvalue weighted by Gasteiger charge is -2.13. The SMILES string of the molecule is C[C@@H](NC(=O)/C(C#N)=C/c1c[nH]c2ncc(-c3cnn(C)c3)cc12)c1ccc(F)cc1. The molecular weight excluding hydrogens is 395 g/mol. The van der Waals surface area contributed by atoms with Gasteiger partial charge in [0.05, 0.1) is 12.2 Å². The van der Waals surface area contributed by atoms with Gasteiger partial charge >= 0.3 is 0 Å². The summed E-state index contributed by atoms with van der Waals surface area (Å²) in [6.07, 6.45) is 8.61. The largest absolute Gasteiger partial charge is 0.346 e. The molecule has 1 aromatic carbocycles. The number of carbonyl (C=O) groups is 1. The molecule has 154 valence electrons. The Morgan fingerprint density at radius 3 is 2.74 bits per heavy atom. The summed E-state index contributed by atoms with van der Waals surface area (Å²) in [4.78, 5) is 20.1. The molecule has 0 aliphatic heterocycles. The molecule has 1 atom stereocenters. The van der Waals surface area contributed by atoms with Crippen LogP contribution in [-0.4, -0.2) is 25.7 Å². The number of benzene rings is 1. The number of H-pyrrole nitrogens is 1. The molecule has 1 amide bonds. The summed E-state index contributed by atoms with van der Waals surface area (Å²) in [5.41, 5.74) is 3.82. The lowest BCUT2D eigenvalue weighted by atomic mass is 10.1. The van der Waals surface area contributed by atoms with Gasteiger partial charge in [0.15, 0.2) is 0 Å². The van der Waals surface area contributed by atoms with Crippen molar-refractivity contribution in [3.63, 3.8) is 0 Å². The van der Waals surface area contributed by atoms with Gasteiger partial charge in [-0.2, -0.15) is 10.4 Å². The zero-order valence-electron chi connectivity index (χ0n) is 16.9. The van der Waals surface area contributed by atoms with Crippen molar-refractivity contribution >= 4 is 23.0 Å². The van der Waals surface area contributed by atoms with E-state index in [1.165, 1.54) is 18.2 Å². The van der Waals surface area contributed by atoms with Crippen molar-refractivity contribution in [1.82, 2.24) is 25.1 Å². The minimum Gasteiger partial charge on any atom is -0.346 e. The molecule has 7 nitrogen and oxygen atoms in total. The second kappa shape index (κ2) is 8.24. The number of hydrogen-bond acceptors (Lipinski definition) is 4. The molecule has 3 aromatic heterocycles. The van der Waals surface area contributed by atoms with Crippen molar-refractivity contribution < 1.29 is 9.18 Å². The van der Waals surface area contributed by atoms with Gasteiger partial charge in [-0.05, 0) is 36.8 Å². The summed E-state index contributed by atoms with van der Waals surface area (Å²) in [7, 11) is 1.84. The molecule has 0 aliphatic carbocycles. The molecule has 4 aromatic rings. The molecule has 0 radical (unpaired) electrons. The Kier molecular flexibility index (Phi) is 5.33. The van der Waals surface area contributed by atoms with E-state index in [1.54, 1.807) is 42.3 Å². The second-order valence-electron chi connectivity index (χ2n) is 7.18. The van der Waals surface area contributed by atoms with E-state index in [2.05, 4.69) is 20.4 Å². The number of halogens is 1. The Balaban J connectivity index is 1.61. The van der Waals surface area contributed by atoms with E-state index < -0.39 is 5.91 Å². The third-order valence-corrected chi connectivity index (χ3v) is 4.98. The maximum atomic E-state index is 13.1. The van der Waals surface area contributed by atoms with Crippen LogP contribution in [0.2, 0.25) is 0 Å². The standard InChI is InChI=1S/C23H19FN6O/c1-14(15-3-5-20(24)6-4-15)29-23(31)16(9-25)7-18-11-27-22-21(18)8-17(10-26-22)19-12-28-30(2)13-19/h3-8,10-14H,1-2H3,(H,26,27)(H,29,31)/b16-7+/t14-/m1/s1. The molecule has 0 spiro atoms. The first-order valence-corrected chi connectivity index (χ1v) is 9.59. The summed E-state index contributed by atoms with van der Waals surface area (Å²) >= 11 is 0. The lowest BCUT2D eigenvalue weighted by molar-refractivity contribution is -0.117. The van der Waals surface area contributed by atoms with Crippen molar-refractivity contribution in [2.75, 3.05) is 0 Å². The Morgan fingerprint density at radius 1 is 1.29 bits per heavy atom. The molecule has 0 fully saturated rings. The minimum absolute atomic E-state index is 0.0401. The van der Waals surface area contributed by atoms with E-state index >= 15 is 0 Å². The number of nitrogens with one attached hydrogen (secondary N) is 2. The number of nitriles is 1. The van der Waals surface area contributed by atoms with Gasteiger partial charge in [-0.25, -0.2) is 9.37 Å². The van der Waals surface area contributed by atoms with E-state index in [9.17, 15) is 14.4 Å². The first-order chi connectivity index (χ1) is 14.9. The van der Waals surface area contributed by atoms with Gasteiger partial charge in [-0.1, -0.05) is 12.1 Å². The van der Waals surface area contributed by atoms with E-state index in [0.717, 1.165) is 22.1 Å². The second-order valence-corrected chi connectivity index (χ2v) is 7.18. The smallest absolute Gasteiger partial charge is 0.262 e. The number of aryl methyl sites for hydroxylation is 1. The first kappa shape index (κ1) is 20.0. The zero-order valence-corrected chi connectivity index (χ0v) is 16.9. The number of amides is 1. The number of hydrogen-bond donors (Lipinski definition) is 2. The highest BCUT2D eigenvalue weighted by Gasteiger charge is 2.15. The number of aromatic nitrogens is 4. The van der Waals surface area contributed by atoms with Gasteiger partial charge in [0.2, 0.25) is 0 Å². The molecule has 0 saturated heterocycles. The third-order valence-electron chi connectivity index (χ3n) is 4.98. The Bertz CT molecular complexity index is 1330. The van der Waals surface area contributed by atoms with Crippen molar-refractivity contribution in [2.45, 2.75) is 13.0 Å². The quantitative estimate of drug-likeness (QED) is 0.382. The molecule has 2 N–H and O–H groups in total. The van der Waals surface area contributed by atoms with E-state index in [4.69, 9.17) is 0 Å². The van der Waals surface area contributed by atoms with E-state index in [0.29, 0.717) is 11.2 Å². The highest BCUT2D eigenvalue weighted by molar-refractivity contribution is 6.04.